The number of aliphatic carboxylic acids is 1. The molecule has 2 aromatic carbocycles. The Morgan fingerprint density at radius 3 is 2.56 bits per heavy atom. The fourth-order valence-corrected chi connectivity index (χ4v) is 4.33. The van der Waals surface area contributed by atoms with Crippen LogP contribution in [0.15, 0.2) is 30.3 Å². The molecule has 0 aliphatic heterocycles. The molecule has 25 heavy (non-hydrogen) atoms. The number of rotatable bonds is 4. The molecule has 4 rings (SSSR count). The molecule has 0 aromatic heterocycles. The first-order valence-corrected chi connectivity index (χ1v) is 8.40. The van der Waals surface area contributed by atoms with Gasteiger partial charge in [-0.2, -0.15) is 0 Å². The molecule has 130 valence electrons. The van der Waals surface area contributed by atoms with Gasteiger partial charge in [-0.15, -0.1) is 0 Å². The molecule has 2 aromatic rings. The maximum Gasteiger partial charge on any atom is 0.307 e. The van der Waals surface area contributed by atoms with Gasteiger partial charge in [-0.3, -0.25) is 4.79 Å². The molecule has 5 heteroatoms. The van der Waals surface area contributed by atoms with Crippen molar-refractivity contribution < 1.29 is 24.5 Å². The van der Waals surface area contributed by atoms with E-state index in [1.807, 2.05) is 18.2 Å². The maximum absolute atomic E-state index is 13.9. The fourth-order valence-electron chi connectivity index (χ4n) is 4.33. The van der Waals surface area contributed by atoms with Crippen molar-refractivity contribution in [3.8, 4) is 11.1 Å². The standard InChI is InChI=1S/C20H19FO4/c21-18-7-13(9-22)15(6-14(18)10-23)11-1-2-16-12(5-11)3-4-20(16)8-17(20)19(24)25/h1-2,5-7,17,22-23H,3-4,8-10H2,(H,24,25). The van der Waals surface area contributed by atoms with Crippen molar-refractivity contribution in [3.05, 3.63) is 58.4 Å². The van der Waals surface area contributed by atoms with Crippen molar-refractivity contribution in [2.24, 2.45) is 5.92 Å². The van der Waals surface area contributed by atoms with Crippen LogP contribution in [0.1, 0.15) is 35.1 Å². The van der Waals surface area contributed by atoms with E-state index in [9.17, 15) is 24.5 Å². The second-order valence-corrected chi connectivity index (χ2v) is 7.04. The zero-order valence-corrected chi connectivity index (χ0v) is 13.6. The van der Waals surface area contributed by atoms with Crippen LogP contribution in [-0.2, 0) is 29.8 Å². The van der Waals surface area contributed by atoms with Gasteiger partial charge in [-0.25, -0.2) is 4.39 Å². The average molecular weight is 342 g/mol. The zero-order valence-electron chi connectivity index (χ0n) is 13.6. The summed E-state index contributed by atoms with van der Waals surface area (Å²) in [5, 5.41) is 28.2. The maximum atomic E-state index is 13.9. The van der Waals surface area contributed by atoms with Gasteiger partial charge in [0.15, 0.2) is 0 Å². The third-order valence-corrected chi connectivity index (χ3v) is 5.78. The number of fused-ring (bicyclic) bond motifs is 2. The van der Waals surface area contributed by atoms with Crippen molar-refractivity contribution in [2.45, 2.75) is 37.9 Å². The number of aryl methyl sites for hydroxylation is 1. The summed E-state index contributed by atoms with van der Waals surface area (Å²) in [6.45, 7) is -0.695. The van der Waals surface area contributed by atoms with Gasteiger partial charge in [0.1, 0.15) is 5.82 Å². The van der Waals surface area contributed by atoms with Gasteiger partial charge in [0.2, 0.25) is 0 Å². The lowest BCUT2D eigenvalue weighted by atomic mass is 9.91. The molecule has 2 aliphatic rings. The third-order valence-electron chi connectivity index (χ3n) is 5.78. The van der Waals surface area contributed by atoms with Crippen LogP contribution in [0.4, 0.5) is 4.39 Å². The highest BCUT2D eigenvalue weighted by atomic mass is 19.1. The fraction of sp³-hybridized carbons (Fsp3) is 0.350. The minimum atomic E-state index is -0.731. The highest BCUT2D eigenvalue weighted by molar-refractivity contribution is 5.79. The van der Waals surface area contributed by atoms with Crippen LogP contribution in [0.3, 0.4) is 0 Å². The first-order chi connectivity index (χ1) is 12.0. The second kappa shape index (κ2) is 5.64. The highest BCUT2D eigenvalue weighted by Gasteiger charge is 2.61. The molecule has 0 amide bonds. The van der Waals surface area contributed by atoms with Crippen LogP contribution in [-0.4, -0.2) is 21.3 Å². The Bertz CT molecular complexity index is 876. The molecule has 1 fully saturated rings. The average Bonchev–Trinajstić information content (AvgIpc) is 3.24. The van der Waals surface area contributed by atoms with Gasteiger partial charge in [0.25, 0.3) is 0 Å². The summed E-state index contributed by atoms with van der Waals surface area (Å²) in [5.74, 6) is -1.55. The SMILES string of the molecule is O=C(O)C1CC12CCc1cc(-c3cc(CO)c(F)cc3CO)ccc12. The molecule has 4 nitrogen and oxygen atoms in total. The number of carboxylic acid groups (broad SMARTS) is 1. The molecule has 0 radical (unpaired) electrons. The van der Waals surface area contributed by atoms with Gasteiger partial charge in [-0.1, -0.05) is 18.2 Å². The van der Waals surface area contributed by atoms with Gasteiger partial charge < -0.3 is 15.3 Å². The number of carbonyl (C=O) groups is 1. The molecule has 2 aliphatic carbocycles. The molecule has 0 heterocycles. The smallest absolute Gasteiger partial charge is 0.307 e. The highest BCUT2D eigenvalue weighted by Crippen LogP contribution is 2.61. The van der Waals surface area contributed by atoms with Crippen molar-refractivity contribution in [2.75, 3.05) is 0 Å². The topological polar surface area (TPSA) is 77.8 Å². The first-order valence-electron chi connectivity index (χ1n) is 8.40. The van der Waals surface area contributed by atoms with Crippen LogP contribution in [0.25, 0.3) is 11.1 Å². The molecule has 1 saturated carbocycles. The van der Waals surface area contributed by atoms with E-state index in [1.165, 1.54) is 6.07 Å². The van der Waals surface area contributed by atoms with Gasteiger partial charge in [0, 0.05) is 11.0 Å². The third kappa shape index (κ3) is 2.38. The summed E-state index contributed by atoms with van der Waals surface area (Å²) in [6.07, 6.45) is 2.37. The molecular weight excluding hydrogens is 323 g/mol. The van der Waals surface area contributed by atoms with E-state index in [-0.39, 0.29) is 23.5 Å². The summed E-state index contributed by atoms with van der Waals surface area (Å²) in [6, 6.07) is 8.72. The molecule has 1 spiro atoms. The van der Waals surface area contributed by atoms with E-state index >= 15 is 0 Å². The summed E-state index contributed by atoms with van der Waals surface area (Å²) in [7, 11) is 0. The number of aliphatic hydroxyl groups is 2. The zero-order chi connectivity index (χ0) is 17.8. The van der Waals surface area contributed by atoms with Crippen LogP contribution in [0.2, 0.25) is 0 Å². The van der Waals surface area contributed by atoms with E-state index in [2.05, 4.69) is 0 Å². The summed E-state index contributed by atoms with van der Waals surface area (Å²) in [4.78, 5) is 11.3. The predicted octanol–water partition coefficient (Wildman–Crippen LogP) is 2.77. The minimum Gasteiger partial charge on any atom is -0.481 e. The molecular formula is C20H19FO4. The van der Waals surface area contributed by atoms with E-state index in [1.54, 1.807) is 6.07 Å². The Labute approximate surface area is 144 Å². The Morgan fingerprint density at radius 1 is 1.16 bits per heavy atom. The van der Waals surface area contributed by atoms with Gasteiger partial charge >= 0.3 is 5.97 Å². The monoisotopic (exact) mass is 342 g/mol. The second-order valence-electron chi connectivity index (χ2n) is 7.04. The number of aliphatic hydroxyl groups excluding tert-OH is 2. The Kier molecular flexibility index (Phi) is 3.67. The van der Waals surface area contributed by atoms with E-state index in [4.69, 9.17) is 0 Å². The van der Waals surface area contributed by atoms with Crippen molar-refractivity contribution in [1.29, 1.82) is 0 Å². The largest absolute Gasteiger partial charge is 0.481 e. The normalized spacial score (nSPS) is 23.7. The molecule has 3 N–H and O–H groups in total. The Balaban J connectivity index is 1.76. The first kappa shape index (κ1) is 16.2. The van der Waals surface area contributed by atoms with Crippen molar-refractivity contribution in [1.82, 2.24) is 0 Å². The predicted molar refractivity (Wildman–Crippen MR) is 89.4 cm³/mol. The number of halogens is 1. The van der Waals surface area contributed by atoms with Crippen molar-refractivity contribution in [3.63, 3.8) is 0 Å². The number of benzene rings is 2. The lowest BCUT2D eigenvalue weighted by Gasteiger charge is -2.14. The van der Waals surface area contributed by atoms with E-state index < -0.39 is 18.4 Å². The minimum absolute atomic E-state index is 0.192. The summed E-state index contributed by atoms with van der Waals surface area (Å²) < 4.78 is 13.9. The number of hydrogen-bond acceptors (Lipinski definition) is 3. The van der Waals surface area contributed by atoms with Gasteiger partial charge in [-0.05, 0) is 59.2 Å². The van der Waals surface area contributed by atoms with Crippen LogP contribution in [0.5, 0.6) is 0 Å². The molecule has 0 saturated heterocycles. The van der Waals surface area contributed by atoms with Crippen molar-refractivity contribution >= 4 is 5.97 Å². The molecule has 2 atom stereocenters. The molecule has 0 bridgehead atoms. The molecule has 2 unspecified atom stereocenters. The quantitative estimate of drug-likeness (QED) is 0.798. The van der Waals surface area contributed by atoms with Crippen LogP contribution < -0.4 is 0 Å². The number of hydrogen-bond donors (Lipinski definition) is 3. The number of carboxylic acids is 1. The lowest BCUT2D eigenvalue weighted by molar-refractivity contribution is -0.139. The van der Waals surface area contributed by atoms with E-state index in [0.29, 0.717) is 17.5 Å². The lowest BCUT2D eigenvalue weighted by Crippen LogP contribution is -2.11. The Hall–Kier alpha value is -2.24. The summed E-state index contributed by atoms with van der Waals surface area (Å²) >= 11 is 0. The van der Waals surface area contributed by atoms with Crippen LogP contribution >= 0.6 is 0 Å². The van der Waals surface area contributed by atoms with E-state index in [0.717, 1.165) is 29.5 Å². The summed E-state index contributed by atoms with van der Waals surface area (Å²) in [5.41, 5.74) is 4.23. The Morgan fingerprint density at radius 2 is 1.92 bits per heavy atom. The van der Waals surface area contributed by atoms with Crippen LogP contribution in [0, 0.1) is 11.7 Å². The van der Waals surface area contributed by atoms with Gasteiger partial charge in [0.05, 0.1) is 19.1 Å².